The maximum Gasteiger partial charge on any atom is 0.194 e. The van der Waals surface area contributed by atoms with Crippen LogP contribution in [0, 0.1) is 6.92 Å². The summed E-state index contributed by atoms with van der Waals surface area (Å²) in [6.07, 6.45) is 1.91. The molecule has 1 aliphatic rings. The number of benzene rings is 1. The summed E-state index contributed by atoms with van der Waals surface area (Å²) in [5.41, 5.74) is 0. The molecule has 1 aliphatic heterocycles. The van der Waals surface area contributed by atoms with Crippen LogP contribution in [0.15, 0.2) is 35.5 Å². The number of piperazine rings is 1. The van der Waals surface area contributed by atoms with E-state index in [1.807, 2.05) is 37.5 Å². The van der Waals surface area contributed by atoms with E-state index in [9.17, 15) is 0 Å². The molecule has 1 aromatic carbocycles. The summed E-state index contributed by atoms with van der Waals surface area (Å²) in [6.45, 7) is 8.31. The smallest absolute Gasteiger partial charge is 0.194 e. The summed E-state index contributed by atoms with van der Waals surface area (Å²) >= 11 is 7.61. The zero-order valence-electron chi connectivity index (χ0n) is 16.2. The van der Waals surface area contributed by atoms with E-state index in [1.54, 1.807) is 11.3 Å². The molecule has 0 aliphatic carbocycles. The lowest BCUT2D eigenvalue weighted by atomic mass is 10.3. The Hall–Kier alpha value is -1.10. The predicted molar refractivity (Wildman–Crippen MR) is 127 cm³/mol. The summed E-state index contributed by atoms with van der Waals surface area (Å²) in [5.74, 6) is 1.81. The van der Waals surface area contributed by atoms with Crippen LogP contribution in [0.3, 0.4) is 0 Å². The molecular formula is C19H27ClIN5OS. The van der Waals surface area contributed by atoms with Crippen molar-refractivity contribution in [2.24, 2.45) is 4.99 Å². The van der Waals surface area contributed by atoms with E-state index >= 15 is 0 Å². The number of hydrogen-bond donors (Lipinski definition) is 1. The van der Waals surface area contributed by atoms with Crippen molar-refractivity contribution in [2.45, 2.75) is 13.5 Å². The Kier molecular flexibility index (Phi) is 9.76. The molecule has 28 heavy (non-hydrogen) atoms. The number of rotatable bonds is 6. The number of thiazole rings is 1. The monoisotopic (exact) mass is 535 g/mol. The Morgan fingerprint density at radius 3 is 2.57 bits per heavy atom. The Balaban J connectivity index is 0.00000280. The second-order valence-corrected chi connectivity index (χ2v) is 8.15. The molecule has 0 bridgehead atoms. The minimum Gasteiger partial charge on any atom is -0.492 e. The zero-order chi connectivity index (χ0) is 19.1. The molecule has 0 atom stereocenters. The third kappa shape index (κ3) is 7.06. The lowest BCUT2D eigenvalue weighted by molar-refractivity contribution is 0.152. The topological polar surface area (TPSA) is 53.0 Å². The fraction of sp³-hybridized carbons (Fsp3) is 0.474. The maximum atomic E-state index is 5.89. The van der Waals surface area contributed by atoms with Gasteiger partial charge in [0.2, 0.25) is 0 Å². The van der Waals surface area contributed by atoms with Crippen molar-refractivity contribution in [1.29, 1.82) is 0 Å². The third-order valence-corrected chi connectivity index (χ3v) is 5.61. The van der Waals surface area contributed by atoms with E-state index < -0.39 is 0 Å². The van der Waals surface area contributed by atoms with Gasteiger partial charge in [0.25, 0.3) is 0 Å². The normalized spacial score (nSPS) is 15.2. The van der Waals surface area contributed by atoms with Crippen LogP contribution in [-0.2, 0) is 6.54 Å². The molecule has 1 saturated heterocycles. The second-order valence-electron chi connectivity index (χ2n) is 6.40. The van der Waals surface area contributed by atoms with Crippen LogP contribution in [0.1, 0.15) is 9.88 Å². The van der Waals surface area contributed by atoms with Gasteiger partial charge in [0.1, 0.15) is 17.4 Å². The molecular weight excluding hydrogens is 509 g/mol. The number of guanidine groups is 1. The molecule has 2 aromatic rings. The molecule has 2 heterocycles. The minimum atomic E-state index is 0. The van der Waals surface area contributed by atoms with Crippen molar-refractivity contribution in [2.75, 3.05) is 46.4 Å². The summed E-state index contributed by atoms with van der Waals surface area (Å²) in [4.78, 5) is 14.8. The van der Waals surface area contributed by atoms with E-state index in [-0.39, 0.29) is 24.0 Å². The van der Waals surface area contributed by atoms with Crippen molar-refractivity contribution in [3.05, 3.63) is 45.4 Å². The Morgan fingerprint density at radius 2 is 1.96 bits per heavy atom. The number of hydrogen-bond acceptors (Lipinski definition) is 5. The van der Waals surface area contributed by atoms with Gasteiger partial charge in [-0.3, -0.25) is 9.89 Å². The molecule has 0 saturated carbocycles. The van der Waals surface area contributed by atoms with Gasteiger partial charge < -0.3 is 15.0 Å². The van der Waals surface area contributed by atoms with Gasteiger partial charge in [-0.15, -0.1) is 35.3 Å². The molecule has 0 amide bonds. The quantitative estimate of drug-likeness (QED) is 0.349. The van der Waals surface area contributed by atoms with Gasteiger partial charge in [-0.05, 0) is 31.2 Å². The van der Waals surface area contributed by atoms with Crippen LogP contribution in [0.4, 0.5) is 0 Å². The number of aryl methyl sites for hydroxylation is 1. The fourth-order valence-corrected chi connectivity index (χ4v) is 3.83. The van der Waals surface area contributed by atoms with Gasteiger partial charge in [0, 0.05) is 55.9 Å². The average Bonchev–Trinajstić information content (AvgIpc) is 3.10. The highest BCUT2D eigenvalue weighted by Crippen LogP contribution is 2.15. The first-order valence-corrected chi connectivity index (χ1v) is 10.3. The van der Waals surface area contributed by atoms with Crippen molar-refractivity contribution >= 4 is 52.9 Å². The Morgan fingerprint density at radius 1 is 1.25 bits per heavy atom. The van der Waals surface area contributed by atoms with Gasteiger partial charge in [0.05, 0.1) is 6.54 Å². The number of nitrogens with zero attached hydrogens (tertiary/aromatic N) is 4. The number of nitrogens with one attached hydrogen (secondary N) is 1. The zero-order valence-corrected chi connectivity index (χ0v) is 20.1. The molecule has 1 N–H and O–H groups in total. The predicted octanol–water partition coefficient (Wildman–Crippen LogP) is 3.49. The van der Waals surface area contributed by atoms with Gasteiger partial charge in [-0.2, -0.15) is 0 Å². The summed E-state index contributed by atoms with van der Waals surface area (Å²) in [6, 6.07) is 7.50. The minimum absolute atomic E-state index is 0. The van der Waals surface area contributed by atoms with Crippen LogP contribution in [-0.4, -0.2) is 67.1 Å². The first-order chi connectivity index (χ1) is 13.1. The molecule has 6 nitrogen and oxygen atoms in total. The SMILES string of the molecule is CN=C(NCc1ncc(C)s1)N1CCN(CCOc2ccc(Cl)cc2)CC1.I. The van der Waals surface area contributed by atoms with Crippen LogP contribution >= 0.6 is 46.9 Å². The molecule has 3 rings (SSSR count). The number of aromatic nitrogens is 1. The third-order valence-electron chi connectivity index (χ3n) is 4.44. The van der Waals surface area contributed by atoms with E-state index in [1.165, 1.54) is 4.88 Å². The molecule has 0 radical (unpaired) electrons. The van der Waals surface area contributed by atoms with Gasteiger partial charge in [0.15, 0.2) is 5.96 Å². The summed E-state index contributed by atoms with van der Waals surface area (Å²) in [5, 5.41) is 5.24. The summed E-state index contributed by atoms with van der Waals surface area (Å²) < 4.78 is 5.79. The van der Waals surface area contributed by atoms with E-state index in [0.29, 0.717) is 6.61 Å². The van der Waals surface area contributed by atoms with Gasteiger partial charge in [-0.25, -0.2) is 4.98 Å². The van der Waals surface area contributed by atoms with Crippen LogP contribution in [0.2, 0.25) is 5.02 Å². The molecule has 9 heteroatoms. The Bertz CT molecular complexity index is 747. The number of ether oxygens (including phenoxy) is 1. The highest BCUT2D eigenvalue weighted by Gasteiger charge is 2.19. The molecule has 0 unspecified atom stereocenters. The number of halogens is 2. The van der Waals surface area contributed by atoms with Crippen LogP contribution in [0.25, 0.3) is 0 Å². The van der Waals surface area contributed by atoms with Crippen molar-refractivity contribution in [3.8, 4) is 5.75 Å². The van der Waals surface area contributed by atoms with E-state index in [2.05, 4.69) is 32.0 Å². The largest absolute Gasteiger partial charge is 0.492 e. The van der Waals surface area contributed by atoms with E-state index in [4.69, 9.17) is 16.3 Å². The second kappa shape index (κ2) is 11.8. The molecule has 154 valence electrons. The molecule has 1 aromatic heterocycles. The lowest BCUT2D eigenvalue weighted by Crippen LogP contribution is -2.52. The van der Waals surface area contributed by atoms with Crippen molar-refractivity contribution in [3.63, 3.8) is 0 Å². The Labute approximate surface area is 193 Å². The van der Waals surface area contributed by atoms with Crippen LogP contribution < -0.4 is 10.1 Å². The van der Waals surface area contributed by atoms with Gasteiger partial charge >= 0.3 is 0 Å². The van der Waals surface area contributed by atoms with E-state index in [0.717, 1.165) is 61.0 Å². The fourth-order valence-electron chi connectivity index (χ4n) is 2.98. The highest BCUT2D eigenvalue weighted by atomic mass is 127. The average molecular weight is 536 g/mol. The van der Waals surface area contributed by atoms with Gasteiger partial charge in [-0.1, -0.05) is 11.6 Å². The lowest BCUT2D eigenvalue weighted by Gasteiger charge is -2.36. The standard InChI is InChI=1S/C19H26ClN5OS.HI/c1-15-13-22-18(27-15)14-23-19(21-2)25-9-7-24(8-10-25)11-12-26-17-5-3-16(20)4-6-17;/h3-6,13H,7-12,14H2,1-2H3,(H,21,23);1H. The first kappa shape index (κ1) is 23.2. The molecule has 0 spiro atoms. The number of aliphatic imine (C=N–C) groups is 1. The summed E-state index contributed by atoms with van der Waals surface area (Å²) in [7, 11) is 1.84. The molecule has 1 fully saturated rings. The first-order valence-electron chi connectivity index (χ1n) is 9.11. The van der Waals surface area contributed by atoms with Crippen LogP contribution in [0.5, 0.6) is 5.75 Å². The van der Waals surface area contributed by atoms with Crippen molar-refractivity contribution in [1.82, 2.24) is 20.1 Å². The highest BCUT2D eigenvalue weighted by molar-refractivity contribution is 14.0. The maximum absolute atomic E-state index is 5.89. The van der Waals surface area contributed by atoms with Crippen molar-refractivity contribution < 1.29 is 4.74 Å².